The van der Waals surface area contributed by atoms with Gasteiger partial charge in [0.05, 0.1) is 26.4 Å². The molecule has 2 aliphatic rings. The molecule has 3 unspecified atom stereocenters. The van der Waals surface area contributed by atoms with Crippen LogP contribution >= 0.6 is 23.5 Å². The Morgan fingerprint density at radius 3 is 2.15 bits per heavy atom. The summed E-state index contributed by atoms with van der Waals surface area (Å²) in [4.78, 5) is 48.0. The highest BCUT2D eigenvalue weighted by molar-refractivity contribution is 7.66. The lowest BCUT2D eigenvalue weighted by Crippen LogP contribution is -2.59. The van der Waals surface area contributed by atoms with Gasteiger partial charge >= 0.3 is 29.2 Å². The highest BCUT2D eigenvalue weighted by atomic mass is 31.3. The van der Waals surface area contributed by atoms with E-state index in [1.54, 1.807) is 41.3 Å². The Morgan fingerprint density at radius 1 is 0.851 bits per heavy atom. The van der Waals surface area contributed by atoms with Gasteiger partial charge in [0.2, 0.25) is 0 Å². The van der Waals surface area contributed by atoms with Gasteiger partial charge in [0, 0.05) is 19.3 Å². The highest BCUT2D eigenvalue weighted by Gasteiger charge is 2.67. The van der Waals surface area contributed by atoms with Gasteiger partial charge in [-0.15, -0.1) is 0 Å². The molecule has 2 saturated heterocycles. The molecule has 2 aliphatic heterocycles. The second kappa shape index (κ2) is 13.5. The first-order valence-electron chi connectivity index (χ1n) is 13.5. The topological polar surface area (TPSA) is 286 Å². The van der Waals surface area contributed by atoms with E-state index in [9.17, 15) is 53.6 Å². The van der Waals surface area contributed by atoms with Gasteiger partial charge in [0.15, 0.2) is 6.23 Å². The number of anilines is 1. The number of phosphoric acid groups is 3. The third kappa shape index (κ3) is 8.24. The Labute approximate surface area is 264 Å². The zero-order valence-corrected chi connectivity index (χ0v) is 26.7. The van der Waals surface area contributed by atoms with Crippen LogP contribution in [0.15, 0.2) is 59.5 Å². The van der Waals surface area contributed by atoms with Crippen LogP contribution in [0.25, 0.3) is 10.8 Å². The zero-order chi connectivity index (χ0) is 34.3. The maximum Gasteiger partial charge on any atom is 0.490 e. The standard InChI is InChI=1S/C24H30N3O17P3/c28-22-25-20(26-9-11-39-12-10-26)7-8-27(22)21-24(31,32)23(29,30)19(42-21)15-41-46(35,36)44-47(37,38)43-45(33,34)40-14-16-5-6-17-3-1-2-4-18(17)13-16/h1-8,13,19,21,29-32H,9-12,14-15H2,(H,33,34)(H,35,36)(H,37,38)/t19-,21-/m1/s1. The van der Waals surface area contributed by atoms with E-state index in [0.29, 0.717) is 36.4 Å². The van der Waals surface area contributed by atoms with Crippen LogP contribution in [0.2, 0.25) is 0 Å². The molecule has 5 rings (SSSR count). The van der Waals surface area contributed by atoms with Gasteiger partial charge in [-0.3, -0.25) is 13.6 Å². The largest absolute Gasteiger partial charge is 0.490 e. The number of aromatic nitrogens is 2. The average Bonchev–Trinajstić information content (AvgIpc) is 3.17. The van der Waals surface area contributed by atoms with E-state index in [0.717, 1.165) is 17.0 Å². The van der Waals surface area contributed by atoms with Crippen molar-refractivity contribution in [2.75, 3.05) is 37.8 Å². The third-order valence-electron chi connectivity index (χ3n) is 7.04. The van der Waals surface area contributed by atoms with Crippen molar-refractivity contribution in [2.45, 2.75) is 30.5 Å². The Balaban J connectivity index is 1.20. The number of benzene rings is 2. The van der Waals surface area contributed by atoms with Gasteiger partial charge in [0.1, 0.15) is 11.9 Å². The van der Waals surface area contributed by atoms with Crippen LogP contribution in [0.4, 0.5) is 5.82 Å². The van der Waals surface area contributed by atoms with Crippen molar-refractivity contribution in [1.29, 1.82) is 0 Å². The molecule has 3 heterocycles. The first-order chi connectivity index (χ1) is 21.9. The molecular formula is C24H30N3O17P3. The molecule has 47 heavy (non-hydrogen) atoms. The molecule has 0 aliphatic carbocycles. The molecule has 0 bridgehead atoms. The minimum absolute atomic E-state index is 0.216. The van der Waals surface area contributed by atoms with Gasteiger partial charge in [-0.2, -0.15) is 13.6 Å². The number of rotatable bonds is 12. The minimum Gasteiger partial charge on any atom is -0.378 e. The van der Waals surface area contributed by atoms with Crippen molar-refractivity contribution in [3.8, 4) is 0 Å². The maximum absolute atomic E-state index is 12.7. The molecule has 23 heteroatoms. The third-order valence-corrected chi connectivity index (χ3v) is 11.3. The molecule has 0 spiro atoms. The first kappa shape index (κ1) is 35.8. The summed E-state index contributed by atoms with van der Waals surface area (Å²) in [5.41, 5.74) is -0.734. The number of fused-ring (bicyclic) bond motifs is 1. The number of hydrogen-bond donors (Lipinski definition) is 7. The molecule has 3 aromatic rings. The lowest BCUT2D eigenvalue weighted by Gasteiger charge is -2.32. The fourth-order valence-electron chi connectivity index (χ4n) is 4.70. The highest BCUT2D eigenvalue weighted by Crippen LogP contribution is 2.68. The fourth-order valence-corrected chi connectivity index (χ4v) is 8.19. The number of hydrogen-bond acceptors (Lipinski definition) is 16. The number of phosphoric ester groups is 2. The van der Waals surface area contributed by atoms with Gasteiger partial charge in [-0.25, -0.2) is 18.5 Å². The fraction of sp³-hybridized carbons (Fsp3) is 0.417. The quantitative estimate of drug-likeness (QED) is 0.0959. The van der Waals surface area contributed by atoms with Crippen LogP contribution < -0.4 is 10.6 Å². The number of ether oxygens (including phenoxy) is 2. The van der Waals surface area contributed by atoms with Gasteiger partial charge < -0.3 is 49.5 Å². The maximum atomic E-state index is 12.7. The summed E-state index contributed by atoms with van der Waals surface area (Å²) in [6, 6.07) is 13.3. The summed E-state index contributed by atoms with van der Waals surface area (Å²) in [6.45, 7) is -0.439. The molecule has 7 N–H and O–H groups in total. The predicted octanol–water partition coefficient (Wildman–Crippen LogP) is 0.0601. The summed E-state index contributed by atoms with van der Waals surface area (Å²) in [5, 5.41) is 43.5. The first-order valence-corrected chi connectivity index (χ1v) is 18.0. The molecule has 5 atom stereocenters. The van der Waals surface area contributed by atoms with Crippen molar-refractivity contribution >= 4 is 40.1 Å². The predicted molar refractivity (Wildman–Crippen MR) is 156 cm³/mol. The van der Waals surface area contributed by atoms with Crippen molar-refractivity contribution in [1.82, 2.24) is 9.55 Å². The lowest BCUT2D eigenvalue weighted by atomic mass is 10.0. The van der Waals surface area contributed by atoms with E-state index in [1.807, 2.05) is 6.07 Å². The van der Waals surface area contributed by atoms with Crippen LogP contribution in [0.1, 0.15) is 11.8 Å². The zero-order valence-electron chi connectivity index (χ0n) is 24.0. The smallest absolute Gasteiger partial charge is 0.378 e. The average molecular weight is 725 g/mol. The second-order valence-electron chi connectivity index (χ2n) is 10.3. The number of nitrogens with zero attached hydrogens (tertiary/aromatic N) is 3. The molecule has 0 amide bonds. The van der Waals surface area contributed by atoms with Crippen LogP contribution in [-0.4, -0.2) is 95.2 Å². The summed E-state index contributed by atoms with van der Waals surface area (Å²) >= 11 is 0. The number of morpholine rings is 1. The molecular weight excluding hydrogens is 695 g/mol. The molecule has 2 aromatic carbocycles. The van der Waals surface area contributed by atoms with Crippen LogP contribution in [0.5, 0.6) is 0 Å². The van der Waals surface area contributed by atoms with E-state index < -0.39 is 66.3 Å². The summed E-state index contributed by atoms with van der Waals surface area (Å²) in [6.07, 6.45) is -3.54. The summed E-state index contributed by atoms with van der Waals surface area (Å²) < 4.78 is 65.1. The van der Waals surface area contributed by atoms with Crippen molar-refractivity contribution < 1.29 is 75.9 Å². The summed E-state index contributed by atoms with van der Waals surface area (Å²) in [7, 11) is -17.1. The molecule has 1 aromatic heterocycles. The van der Waals surface area contributed by atoms with Crippen LogP contribution in [0.3, 0.4) is 0 Å². The molecule has 258 valence electrons. The monoisotopic (exact) mass is 725 g/mol. The Hall–Kier alpha value is -2.45. The van der Waals surface area contributed by atoms with E-state index in [4.69, 9.17) is 14.0 Å². The van der Waals surface area contributed by atoms with E-state index >= 15 is 0 Å². The Bertz CT molecular complexity index is 1810. The normalized spacial score (nSPS) is 24.8. The van der Waals surface area contributed by atoms with Crippen LogP contribution in [0, 0.1) is 0 Å². The SMILES string of the molecule is O=c1nc(N2CCOCC2)ccn1[C@@H]1O[C@H](COP(=O)(O)OP(=O)(O)OP(=O)(O)OCc2ccc3ccccc3c2)C(O)(O)C1(O)O. The van der Waals surface area contributed by atoms with Crippen molar-refractivity contribution in [2.24, 2.45) is 0 Å². The Kier molecular flexibility index (Phi) is 10.3. The molecule has 2 fully saturated rings. The second-order valence-corrected chi connectivity index (χ2v) is 15.0. The van der Waals surface area contributed by atoms with Gasteiger partial charge in [-0.1, -0.05) is 36.4 Å². The number of aliphatic hydroxyl groups is 4. The van der Waals surface area contributed by atoms with Gasteiger partial charge in [0.25, 0.3) is 11.6 Å². The van der Waals surface area contributed by atoms with E-state index in [1.165, 1.54) is 6.07 Å². The van der Waals surface area contributed by atoms with E-state index in [2.05, 4.69) is 18.1 Å². The summed E-state index contributed by atoms with van der Waals surface area (Å²) in [5.74, 6) is -7.11. The molecule has 0 saturated carbocycles. The van der Waals surface area contributed by atoms with E-state index in [-0.39, 0.29) is 5.82 Å². The Morgan fingerprint density at radius 2 is 1.49 bits per heavy atom. The van der Waals surface area contributed by atoms with Crippen molar-refractivity contribution in [3.05, 3.63) is 70.8 Å². The minimum atomic E-state index is -5.90. The van der Waals surface area contributed by atoms with Gasteiger partial charge in [-0.05, 0) is 28.5 Å². The molecule has 20 nitrogen and oxygen atoms in total. The van der Waals surface area contributed by atoms with Crippen LogP contribution in [-0.2, 0) is 47.4 Å². The lowest BCUT2D eigenvalue weighted by molar-refractivity contribution is -0.355. The van der Waals surface area contributed by atoms with Crippen molar-refractivity contribution in [3.63, 3.8) is 0 Å². The molecule has 0 radical (unpaired) electrons.